The topological polar surface area (TPSA) is 58.6 Å². The lowest BCUT2D eigenvalue weighted by Crippen LogP contribution is -2.53. The molecule has 1 aromatic rings. The van der Waals surface area contributed by atoms with Crippen molar-refractivity contribution in [3.8, 4) is 5.75 Å². The summed E-state index contributed by atoms with van der Waals surface area (Å²) in [6.07, 6.45) is 8.15. The molecule has 4 fully saturated rings. The van der Waals surface area contributed by atoms with Crippen molar-refractivity contribution >= 4 is 11.8 Å². The van der Waals surface area contributed by atoms with Gasteiger partial charge < -0.3 is 15.0 Å². The highest BCUT2D eigenvalue weighted by Gasteiger charge is 2.54. The summed E-state index contributed by atoms with van der Waals surface area (Å²) in [7, 11) is 3.15. The van der Waals surface area contributed by atoms with Crippen LogP contribution in [0.1, 0.15) is 56.9 Å². The van der Waals surface area contributed by atoms with Gasteiger partial charge in [-0.15, -0.1) is 0 Å². The molecule has 0 aliphatic heterocycles. The number of carbonyl (C=O) groups is 2. The number of carbonyl (C=O) groups excluding carboxylic acids is 2. The van der Waals surface area contributed by atoms with Crippen LogP contribution in [-0.4, -0.2) is 37.4 Å². The highest BCUT2D eigenvalue weighted by Crippen LogP contribution is 2.60. The van der Waals surface area contributed by atoms with Crippen molar-refractivity contribution in [2.24, 2.45) is 23.2 Å². The second kappa shape index (κ2) is 8.56. The normalized spacial score (nSPS) is 29.0. The average Bonchev–Trinajstić information content (AvgIpc) is 2.70. The van der Waals surface area contributed by atoms with Crippen molar-refractivity contribution in [3.05, 3.63) is 29.6 Å². The summed E-state index contributed by atoms with van der Waals surface area (Å²) in [5.74, 6) is 2.23. The van der Waals surface area contributed by atoms with Gasteiger partial charge in [0.25, 0.3) is 0 Å². The Morgan fingerprint density at radius 2 is 1.80 bits per heavy atom. The highest BCUT2D eigenvalue weighted by molar-refractivity contribution is 5.83. The van der Waals surface area contributed by atoms with Crippen molar-refractivity contribution in [1.29, 1.82) is 0 Å². The Labute approximate surface area is 178 Å². The maximum absolute atomic E-state index is 13.8. The van der Waals surface area contributed by atoms with Crippen LogP contribution in [0.4, 0.5) is 4.39 Å². The molecule has 164 valence electrons. The number of nitrogens with one attached hydrogen (secondary N) is 1. The Balaban J connectivity index is 1.20. The Bertz CT molecular complexity index is 774. The number of hydrogen-bond donors (Lipinski definition) is 1. The summed E-state index contributed by atoms with van der Waals surface area (Å²) in [6, 6.07) is 4.73. The monoisotopic (exact) mass is 416 g/mol. The Kier molecular flexibility index (Phi) is 6.03. The van der Waals surface area contributed by atoms with Crippen molar-refractivity contribution in [2.75, 3.05) is 20.7 Å². The highest BCUT2D eigenvalue weighted by atomic mass is 19.1. The standard InChI is InChI=1S/C24H33FN2O3/c1-27(15-16-5-6-21(30-2)20(25)11-16)22(28)4-3-7-26-23(29)24-12-17-8-18(13-24)10-19(9-17)14-24/h5-6,11,17-19H,3-4,7-10,12-15H2,1-2H3,(H,26,29). The minimum Gasteiger partial charge on any atom is -0.494 e. The molecule has 1 N–H and O–H groups in total. The lowest BCUT2D eigenvalue weighted by Gasteiger charge is -2.55. The summed E-state index contributed by atoms with van der Waals surface area (Å²) in [5.41, 5.74) is 0.591. The lowest BCUT2D eigenvalue weighted by molar-refractivity contribution is -0.146. The molecule has 5 rings (SSSR count). The minimum atomic E-state index is -0.428. The summed E-state index contributed by atoms with van der Waals surface area (Å²) >= 11 is 0. The summed E-state index contributed by atoms with van der Waals surface area (Å²) in [4.78, 5) is 27.0. The Morgan fingerprint density at radius 1 is 1.17 bits per heavy atom. The molecular formula is C24H33FN2O3. The van der Waals surface area contributed by atoms with Gasteiger partial charge >= 0.3 is 0 Å². The van der Waals surface area contributed by atoms with E-state index in [9.17, 15) is 14.0 Å². The third-order valence-electron chi connectivity index (χ3n) is 7.43. The fourth-order valence-electron chi connectivity index (χ4n) is 6.38. The molecule has 5 nitrogen and oxygen atoms in total. The van der Waals surface area contributed by atoms with Crippen LogP contribution in [0, 0.1) is 29.0 Å². The molecule has 4 aliphatic carbocycles. The number of hydrogen-bond acceptors (Lipinski definition) is 3. The Morgan fingerprint density at radius 3 is 2.37 bits per heavy atom. The molecule has 0 saturated heterocycles. The number of benzene rings is 1. The fraction of sp³-hybridized carbons (Fsp3) is 0.667. The number of methoxy groups -OCH3 is 1. The lowest BCUT2D eigenvalue weighted by atomic mass is 9.49. The van der Waals surface area contributed by atoms with Crippen LogP contribution in [0.2, 0.25) is 0 Å². The first-order valence-corrected chi connectivity index (χ1v) is 11.2. The second-order valence-electron chi connectivity index (χ2n) is 9.78. The number of nitrogens with zero attached hydrogens (tertiary/aromatic N) is 1. The number of rotatable bonds is 8. The van der Waals surface area contributed by atoms with Crippen LogP contribution >= 0.6 is 0 Å². The molecule has 1 aromatic carbocycles. The van der Waals surface area contributed by atoms with Gasteiger partial charge in [0, 0.05) is 32.0 Å². The van der Waals surface area contributed by atoms with Gasteiger partial charge in [0.15, 0.2) is 11.6 Å². The third-order valence-corrected chi connectivity index (χ3v) is 7.43. The van der Waals surface area contributed by atoms with Gasteiger partial charge in [-0.1, -0.05) is 6.07 Å². The van der Waals surface area contributed by atoms with Crippen LogP contribution in [-0.2, 0) is 16.1 Å². The van der Waals surface area contributed by atoms with E-state index in [1.165, 1.54) is 32.4 Å². The van der Waals surface area contributed by atoms with E-state index in [1.807, 2.05) is 0 Å². The smallest absolute Gasteiger partial charge is 0.226 e. The first kappa shape index (κ1) is 21.1. The average molecular weight is 417 g/mol. The molecular weight excluding hydrogens is 383 g/mol. The van der Waals surface area contributed by atoms with E-state index in [1.54, 1.807) is 24.1 Å². The van der Waals surface area contributed by atoms with Crippen molar-refractivity contribution in [1.82, 2.24) is 10.2 Å². The quantitative estimate of drug-likeness (QED) is 0.654. The van der Waals surface area contributed by atoms with Crippen molar-refractivity contribution in [2.45, 2.75) is 57.9 Å². The van der Waals surface area contributed by atoms with E-state index >= 15 is 0 Å². The largest absolute Gasteiger partial charge is 0.494 e. The summed E-state index contributed by atoms with van der Waals surface area (Å²) in [6.45, 7) is 0.886. The molecule has 0 aromatic heterocycles. The summed E-state index contributed by atoms with van der Waals surface area (Å²) < 4.78 is 18.8. The van der Waals surface area contributed by atoms with Crippen LogP contribution in [0.5, 0.6) is 5.75 Å². The fourth-order valence-corrected chi connectivity index (χ4v) is 6.38. The second-order valence-corrected chi connectivity index (χ2v) is 9.78. The van der Waals surface area contributed by atoms with Gasteiger partial charge in [0.2, 0.25) is 11.8 Å². The van der Waals surface area contributed by atoms with E-state index in [-0.39, 0.29) is 23.0 Å². The van der Waals surface area contributed by atoms with Gasteiger partial charge in [-0.25, -0.2) is 4.39 Å². The van der Waals surface area contributed by atoms with E-state index in [2.05, 4.69) is 5.32 Å². The van der Waals surface area contributed by atoms with Crippen LogP contribution in [0.25, 0.3) is 0 Å². The van der Waals surface area contributed by atoms with Gasteiger partial charge in [-0.3, -0.25) is 9.59 Å². The SMILES string of the molecule is COc1ccc(CN(C)C(=O)CCCNC(=O)C23CC4CC(CC(C4)C2)C3)cc1F. The molecule has 6 heteroatoms. The zero-order valence-corrected chi connectivity index (χ0v) is 18.1. The molecule has 0 spiro atoms. The molecule has 4 aliphatic rings. The van der Waals surface area contributed by atoms with Gasteiger partial charge in [-0.05, 0) is 80.4 Å². The number of ether oxygens (including phenoxy) is 1. The van der Waals surface area contributed by atoms with E-state index in [4.69, 9.17) is 4.74 Å². The molecule has 0 unspecified atom stereocenters. The van der Waals surface area contributed by atoms with E-state index in [0.717, 1.165) is 42.6 Å². The molecule has 0 heterocycles. The maximum Gasteiger partial charge on any atom is 0.226 e. The van der Waals surface area contributed by atoms with Crippen molar-refractivity contribution < 1.29 is 18.7 Å². The molecule has 4 bridgehead atoms. The molecule has 30 heavy (non-hydrogen) atoms. The first-order valence-electron chi connectivity index (χ1n) is 11.2. The number of halogens is 1. The zero-order valence-electron chi connectivity index (χ0n) is 18.1. The van der Waals surface area contributed by atoms with Gasteiger partial charge in [-0.2, -0.15) is 0 Å². The minimum absolute atomic E-state index is 0.00437. The first-order chi connectivity index (χ1) is 14.4. The predicted octanol–water partition coefficient (Wildman–Crippen LogP) is 3.91. The van der Waals surface area contributed by atoms with E-state index in [0.29, 0.717) is 25.9 Å². The zero-order chi connectivity index (χ0) is 21.3. The molecule has 0 atom stereocenters. The van der Waals surface area contributed by atoms with Crippen LogP contribution in [0.3, 0.4) is 0 Å². The molecule has 2 amide bonds. The molecule has 0 radical (unpaired) electrons. The van der Waals surface area contributed by atoms with Crippen LogP contribution < -0.4 is 10.1 Å². The van der Waals surface area contributed by atoms with Gasteiger partial charge in [0.1, 0.15) is 0 Å². The third kappa shape index (κ3) is 4.33. The van der Waals surface area contributed by atoms with Crippen molar-refractivity contribution in [3.63, 3.8) is 0 Å². The Hall–Kier alpha value is -2.11. The summed E-state index contributed by atoms with van der Waals surface area (Å²) in [5, 5.41) is 3.13. The number of amides is 2. The maximum atomic E-state index is 13.8. The van der Waals surface area contributed by atoms with E-state index < -0.39 is 5.82 Å². The molecule has 4 saturated carbocycles. The predicted molar refractivity (Wildman–Crippen MR) is 112 cm³/mol. The van der Waals surface area contributed by atoms with Gasteiger partial charge in [0.05, 0.1) is 7.11 Å². The van der Waals surface area contributed by atoms with Crippen LogP contribution in [0.15, 0.2) is 18.2 Å².